The van der Waals surface area contributed by atoms with E-state index in [1.54, 1.807) is 18.2 Å². The minimum atomic E-state index is -2.77. The highest BCUT2D eigenvalue weighted by Gasteiger charge is 2.34. The summed E-state index contributed by atoms with van der Waals surface area (Å²) >= 11 is 0. The molecular weight excluding hydrogens is 234 g/mol. The van der Waals surface area contributed by atoms with Crippen LogP contribution in [0.25, 0.3) is 0 Å². The van der Waals surface area contributed by atoms with Gasteiger partial charge in [-0.3, -0.25) is 4.90 Å². The molecule has 0 atom stereocenters. The molecule has 0 bridgehead atoms. The third kappa shape index (κ3) is 3.27. The molecule has 1 aromatic rings. The molecule has 0 spiro atoms. The largest absolute Gasteiger partial charge is 0.330 e. The predicted molar refractivity (Wildman–Crippen MR) is 68.6 cm³/mol. The van der Waals surface area contributed by atoms with Crippen LogP contribution < -0.4 is 5.73 Å². The first kappa shape index (κ1) is 13.4. The van der Waals surface area contributed by atoms with Crippen LogP contribution in [-0.2, 0) is 5.92 Å². The van der Waals surface area contributed by atoms with Crippen LogP contribution >= 0.6 is 0 Å². The van der Waals surface area contributed by atoms with Crippen LogP contribution in [0.5, 0.6) is 0 Å². The maximum absolute atomic E-state index is 14.1. The first-order valence-corrected chi connectivity index (χ1v) is 6.47. The van der Waals surface area contributed by atoms with E-state index in [1.807, 2.05) is 4.90 Å². The average molecular weight is 254 g/mol. The van der Waals surface area contributed by atoms with E-state index in [0.717, 1.165) is 25.9 Å². The summed E-state index contributed by atoms with van der Waals surface area (Å²) in [5.74, 6) is -2.26. The van der Waals surface area contributed by atoms with Crippen molar-refractivity contribution < 1.29 is 8.78 Å². The SMILES string of the molecule is NCC1CCN(CC(F)(F)c2ccccc2)CC1. The Bertz CT molecular complexity index is 359. The Morgan fingerprint density at radius 2 is 1.78 bits per heavy atom. The van der Waals surface area contributed by atoms with E-state index in [2.05, 4.69) is 0 Å². The summed E-state index contributed by atoms with van der Waals surface area (Å²) in [4.78, 5) is 1.85. The molecule has 2 N–H and O–H groups in total. The highest BCUT2D eigenvalue weighted by Crippen LogP contribution is 2.30. The summed E-state index contributed by atoms with van der Waals surface area (Å²) in [5, 5.41) is 0. The quantitative estimate of drug-likeness (QED) is 0.894. The molecule has 1 fully saturated rings. The topological polar surface area (TPSA) is 29.3 Å². The lowest BCUT2D eigenvalue weighted by molar-refractivity contribution is -0.0442. The van der Waals surface area contributed by atoms with Gasteiger partial charge in [-0.15, -0.1) is 0 Å². The molecule has 4 heteroatoms. The van der Waals surface area contributed by atoms with Crippen molar-refractivity contribution in [3.05, 3.63) is 35.9 Å². The van der Waals surface area contributed by atoms with Gasteiger partial charge < -0.3 is 5.73 Å². The maximum Gasteiger partial charge on any atom is 0.285 e. The fourth-order valence-corrected chi connectivity index (χ4v) is 2.43. The summed E-state index contributed by atoms with van der Waals surface area (Å²) in [6, 6.07) is 8.05. The number of halogens is 2. The zero-order valence-corrected chi connectivity index (χ0v) is 10.5. The van der Waals surface area contributed by atoms with Gasteiger partial charge in [0.15, 0.2) is 0 Å². The summed E-state index contributed by atoms with van der Waals surface area (Å²) in [6.07, 6.45) is 1.86. The van der Waals surface area contributed by atoms with Gasteiger partial charge >= 0.3 is 0 Å². The van der Waals surface area contributed by atoms with Crippen molar-refractivity contribution in [2.24, 2.45) is 11.7 Å². The van der Waals surface area contributed by atoms with Gasteiger partial charge in [-0.1, -0.05) is 30.3 Å². The Hall–Kier alpha value is -1.00. The van der Waals surface area contributed by atoms with E-state index in [1.165, 1.54) is 12.1 Å². The van der Waals surface area contributed by atoms with Gasteiger partial charge in [0.1, 0.15) is 0 Å². The minimum Gasteiger partial charge on any atom is -0.330 e. The fourth-order valence-electron chi connectivity index (χ4n) is 2.43. The maximum atomic E-state index is 14.1. The van der Waals surface area contributed by atoms with E-state index in [4.69, 9.17) is 5.73 Å². The van der Waals surface area contributed by atoms with Crippen molar-refractivity contribution in [1.82, 2.24) is 4.90 Å². The number of rotatable bonds is 4. The van der Waals surface area contributed by atoms with Gasteiger partial charge in [-0.2, -0.15) is 8.78 Å². The third-order valence-corrected chi connectivity index (χ3v) is 3.66. The second-order valence-electron chi connectivity index (χ2n) is 5.03. The molecule has 0 radical (unpaired) electrons. The fraction of sp³-hybridized carbons (Fsp3) is 0.571. The highest BCUT2D eigenvalue weighted by molar-refractivity contribution is 5.20. The molecule has 1 aliphatic rings. The van der Waals surface area contributed by atoms with Crippen molar-refractivity contribution in [3.8, 4) is 0 Å². The van der Waals surface area contributed by atoms with Crippen LogP contribution in [0.3, 0.4) is 0 Å². The summed E-state index contributed by atoms with van der Waals surface area (Å²) in [5.41, 5.74) is 5.70. The molecule has 2 rings (SSSR count). The Morgan fingerprint density at radius 3 is 2.33 bits per heavy atom. The van der Waals surface area contributed by atoms with Crippen molar-refractivity contribution in [2.45, 2.75) is 18.8 Å². The number of alkyl halides is 2. The van der Waals surface area contributed by atoms with Crippen molar-refractivity contribution in [1.29, 1.82) is 0 Å². The number of hydrogen-bond acceptors (Lipinski definition) is 2. The Labute approximate surface area is 107 Å². The molecule has 1 saturated heterocycles. The van der Waals surface area contributed by atoms with Crippen LogP contribution in [0.1, 0.15) is 18.4 Å². The molecule has 1 aromatic carbocycles. The molecule has 0 unspecified atom stereocenters. The number of nitrogens with zero attached hydrogens (tertiary/aromatic N) is 1. The lowest BCUT2D eigenvalue weighted by Crippen LogP contribution is -2.41. The molecule has 1 aliphatic heterocycles. The third-order valence-electron chi connectivity index (χ3n) is 3.66. The standard InChI is InChI=1S/C14H20F2N2/c15-14(16,13-4-2-1-3-5-13)11-18-8-6-12(10-17)7-9-18/h1-5,12H,6-11,17H2. The first-order valence-electron chi connectivity index (χ1n) is 6.47. The number of benzene rings is 1. The van der Waals surface area contributed by atoms with E-state index in [-0.39, 0.29) is 12.1 Å². The number of nitrogens with two attached hydrogens (primary N) is 1. The van der Waals surface area contributed by atoms with Crippen LogP contribution in [0.4, 0.5) is 8.78 Å². The first-order chi connectivity index (χ1) is 8.62. The average Bonchev–Trinajstić information content (AvgIpc) is 2.40. The lowest BCUT2D eigenvalue weighted by Gasteiger charge is -2.33. The van der Waals surface area contributed by atoms with E-state index in [9.17, 15) is 8.78 Å². The number of likely N-dealkylation sites (tertiary alicyclic amines) is 1. The smallest absolute Gasteiger partial charge is 0.285 e. The van der Waals surface area contributed by atoms with Gasteiger partial charge in [-0.25, -0.2) is 0 Å². The Kier molecular flexibility index (Phi) is 4.30. The van der Waals surface area contributed by atoms with Gasteiger partial charge in [0, 0.05) is 5.56 Å². The molecule has 2 nitrogen and oxygen atoms in total. The second kappa shape index (κ2) is 5.76. The van der Waals surface area contributed by atoms with Crippen molar-refractivity contribution >= 4 is 0 Å². The zero-order chi connectivity index (χ0) is 13.0. The molecule has 1 heterocycles. The van der Waals surface area contributed by atoms with Gasteiger partial charge in [0.05, 0.1) is 6.54 Å². The van der Waals surface area contributed by atoms with Gasteiger partial charge in [0.25, 0.3) is 5.92 Å². The Morgan fingerprint density at radius 1 is 1.17 bits per heavy atom. The lowest BCUT2D eigenvalue weighted by atomic mass is 9.96. The van der Waals surface area contributed by atoms with Gasteiger partial charge in [-0.05, 0) is 38.4 Å². The normalized spacial score (nSPS) is 19.1. The Balaban J connectivity index is 1.93. The monoisotopic (exact) mass is 254 g/mol. The van der Waals surface area contributed by atoms with E-state index in [0.29, 0.717) is 12.5 Å². The second-order valence-corrected chi connectivity index (χ2v) is 5.03. The van der Waals surface area contributed by atoms with Crippen molar-refractivity contribution in [3.63, 3.8) is 0 Å². The molecule has 0 amide bonds. The molecular formula is C14H20F2N2. The van der Waals surface area contributed by atoms with E-state index < -0.39 is 5.92 Å². The summed E-state index contributed by atoms with van der Waals surface area (Å²) in [7, 11) is 0. The highest BCUT2D eigenvalue weighted by atomic mass is 19.3. The molecule has 0 aromatic heterocycles. The zero-order valence-electron chi connectivity index (χ0n) is 10.5. The minimum absolute atomic E-state index is 0.103. The molecule has 100 valence electrons. The van der Waals surface area contributed by atoms with Crippen LogP contribution in [0, 0.1) is 5.92 Å². The van der Waals surface area contributed by atoms with Gasteiger partial charge in [0.2, 0.25) is 0 Å². The van der Waals surface area contributed by atoms with Crippen LogP contribution in [-0.4, -0.2) is 31.1 Å². The van der Waals surface area contributed by atoms with E-state index >= 15 is 0 Å². The number of hydrogen-bond donors (Lipinski definition) is 1. The summed E-state index contributed by atoms with van der Waals surface area (Å²) in [6.45, 7) is 1.94. The predicted octanol–water partition coefficient (Wildman–Crippen LogP) is 2.45. The molecule has 18 heavy (non-hydrogen) atoms. The van der Waals surface area contributed by atoms with Crippen LogP contribution in [0.15, 0.2) is 30.3 Å². The summed E-state index contributed by atoms with van der Waals surface area (Å²) < 4.78 is 28.1. The van der Waals surface area contributed by atoms with Crippen molar-refractivity contribution in [2.75, 3.05) is 26.2 Å². The molecule has 0 aliphatic carbocycles. The molecule has 0 saturated carbocycles. The van der Waals surface area contributed by atoms with Crippen LogP contribution in [0.2, 0.25) is 0 Å². The number of piperidine rings is 1.